The Morgan fingerprint density at radius 2 is 0.814 bits per heavy atom. The van der Waals surface area contributed by atoms with Gasteiger partial charge < -0.3 is 15.4 Å². The molecule has 0 spiro atoms. The zero-order valence-electron chi connectivity index (χ0n) is 27.9. The molecule has 0 aromatic heterocycles. The summed E-state index contributed by atoms with van der Waals surface area (Å²) in [7, 11) is 0. The van der Waals surface area contributed by atoms with Gasteiger partial charge in [-0.05, 0) is 90.1 Å². The molecule has 0 aliphatic heterocycles. The van der Waals surface area contributed by atoms with Crippen molar-refractivity contribution in [2.45, 2.75) is 62.3 Å². The first kappa shape index (κ1) is 38.1. The van der Waals surface area contributed by atoms with Gasteiger partial charge in [0.15, 0.2) is 0 Å². The molecule has 0 saturated carbocycles. The average molecular weight is 654 g/mol. The van der Waals surface area contributed by atoms with Gasteiger partial charge in [0, 0.05) is 13.2 Å². The standard InChI is InChI=1S/C25H36N2O.2C7H7.Zr/c1-15-14-16(2)18(4)24(17(15)3)26-10-12-28-13-11-27-25-22(8)20(6)19(5)21(7)23(25)9;2*1-7-5-3-2-4-6-7;/h14H,10-13H2,1-9H3;2*2-6H,1H2;/q-2;2*-1;+4. The monoisotopic (exact) mass is 652 g/mol. The minimum absolute atomic E-state index is 0. The maximum atomic E-state index is 5.79. The summed E-state index contributed by atoms with van der Waals surface area (Å²) in [6.45, 7) is 29.6. The van der Waals surface area contributed by atoms with E-state index in [-0.39, 0.29) is 26.2 Å². The van der Waals surface area contributed by atoms with Crippen LogP contribution in [0.15, 0.2) is 66.7 Å². The van der Waals surface area contributed by atoms with E-state index in [1.807, 2.05) is 60.7 Å². The molecule has 0 amide bonds. The Morgan fingerprint density at radius 3 is 1.14 bits per heavy atom. The van der Waals surface area contributed by atoms with Crippen molar-refractivity contribution in [1.29, 1.82) is 0 Å². The number of nitrogens with zero attached hydrogens (tertiary/aromatic N) is 2. The Hall–Kier alpha value is -2.94. The second-order valence-electron chi connectivity index (χ2n) is 10.9. The van der Waals surface area contributed by atoms with Crippen LogP contribution < -0.4 is 0 Å². The SMILES string of the molecule is Cc1cc(C)c(C)c([N-]CCOCC[N-]c2c(C)c(C)c(C)c(C)c2C)c1C.[CH2-]c1ccccc1.[CH2-]c1ccccc1.[Zr+4]. The molecule has 0 aliphatic rings. The number of ether oxygens (including phenoxy) is 1. The normalized spacial score (nSPS) is 9.98. The molecule has 0 unspecified atom stereocenters. The van der Waals surface area contributed by atoms with E-state index in [9.17, 15) is 0 Å². The Morgan fingerprint density at radius 1 is 0.488 bits per heavy atom. The van der Waals surface area contributed by atoms with E-state index < -0.39 is 0 Å². The zero-order valence-corrected chi connectivity index (χ0v) is 30.4. The predicted octanol–water partition coefficient (Wildman–Crippen LogP) is 10.9. The van der Waals surface area contributed by atoms with E-state index in [1.54, 1.807) is 0 Å². The van der Waals surface area contributed by atoms with E-state index in [4.69, 9.17) is 15.4 Å². The first-order valence-electron chi connectivity index (χ1n) is 14.8. The fraction of sp³-hybridized carbons (Fsp3) is 0.333. The maximum absolute atomic E-state index is 5.79. The number of benzene rings is 4. The largest absolute Gasteiger partial charge is 4.00 e. The summed E-state index contributed by atoms with van der Waals surface area (Å²) in [4.78, 5) is 0. The Labute approximate surface area is 282 Å². The summed E-state index contributed by atoms with van der Waals surface area (Å²) in [5.74, 6) is 0. The molecule has 4 heteroatoms. The van der Waals surface area contributed by atoms with Crippen molar-refractivity contribution in [2.75, 3.05) is 26.3 Å². The summed E-state index contributed by atoms with van der Waals surface area (Å²) in [6, 6.07) is 22.0. The van der Waals surface area contributed by atoms with Crippen LogP contribution in [-0.2, 0) is 30.9 Å². The summed E-state index contributed by atoms with van der Waals surface area (Å²) < 4.78 is 5.79. The van der Waals surface area contributed by atoms with Crippen molar-refractivity contribution in [2.24, 2.45) is 0 Å². The van der Waals surface area contributed by atoms with Gasteiger partial charge in [-0.2, -0.15) is 49.2 Å². The van der Waals surface area contributed by atoms with Crippen LogP contribution >= 0.6 is 0 Å². The minimum atomic E-state index is 0. The van der Waals surface area contributed by atoms with E-state index in [0.717, 1.165) is 22.5 Å². The van der Waals surface area contributed by atoms with Crippen LogP contribution in [-0.4, -0.2) is 26.3 Å². The molecule has 43 heavy (non-hydrogen) atoms. The van der Waals surface area contributed by atoms with Gasteiger partial charge in [-0.25, -0.2) is 0 Å². The van der Waals surface area contributed by atoms with Crippen molar-refractivity contribution in [3.8, 4) is 0 Å². The Kier molecular flexibility index (Phi) is 17.2. The molecular formula is C39H50N2OZr. The third-order valence-corrected chi connectivity index (χ3v) is 7.98. The minimum Gasteiger partial charge on any atom is -0.682 e. The molecule has 0 aliphatic carbocycles. The van der Waals surface area contributed by atoms with Crippen LogP contribution in [0.4, 0.5) is 11.4 Å². The van der Waals surface area contributed by atoms with Crippen LogP contribution in [0.25, 0.3) is 10.6 Å². The quantitative estimate of drug-likeness (QED) is 0.138. The second-order valence-corrected chi connectivity index (χ2v) is 10.9. The summed E-state index contributed by atoms with van der Waals surface area (Å²) in [6.07, 6.45) is 0. The molecule has 0 radical (unpaired) electrons. The zero-order chi connectivity index (χ0) is 31.2. The molecule has 0 saturated heterocycles. The van der Waals surface area contributed by atoms with Gasteiger partial charge >= 0.3 is 26.2 Å². The third kappa shape index (κ3) is 11.9. The number of rotatable bonds is 8. The van der Waals surface area contributed by atoms with Gasteiger partial charge in [0.05, 0.1) is 0 Å². The molecule has 4 aromatic carbocycles. The van der Waals surface area contributed by atoms with Crippen molar-refractivity contribution in [3.05, 3.63) is 152 Å². The number of hydrogen-bond acceptors (Lipinski definition) is 1. The predicted molar refractivity (Wildman–Crippen MR) is 184 cm³/mol. The van der Waals surface area contributed by atoms with Gasteiger partial charge in [-0.3, -0.25) is 0 Å². The molecule has 4 aromatic rings. The summed E-state index contributed by atoms with van der Waals surface area (Å²) in [5, 5.41) is 9.61. The van der Waals surface area contributed by atoms with Crippen LogP contribution in [0.1, 0.15) is 61.2 Å². The van der Waals surface area contributed by atoms with Crippen molar-refractivity contribution >= 4 is 11.4 Å². The van der Waals surface area contributed by atoms with Gasteiger partial charge in [-0.1, -0.05) is 40.5 Å². The van der Waals surface area contributed by atoms with E-state index in [0.29, 0.717) is 26.3 Å². The molecule has 0 bridgehead atoms. The van der Waals surface area contributed by atoms with Crippen molar-refractivity contribution < 1.29 is 30.9 Å². The average Bonchev–Trinajstić information content (AvgIpc) is 2.98. The van der Waals surface area contributed by atoms with Crippen LogP contribution in [0.5, 0.6) is 0 Å². The molecule has 0 N–H and O–H groups in total. The second kappa shape index (κ2) is 19.4. The van der Waals surface area contributed by atoms with E-state index in [1.165, 1.54) is 50.1 Å². The fourth-order valence-corrected chi connectivity index (χ4v) is 4.65. The Bertz CT molecular complexity index is 1310. The number of hydrogen-bond donors (Lipinski definition) is 0. The fourth-order valence-electron chi connectivity index (χ4n) is 4.65. The van der Waals surface area contributed by atoms with E-state index in [2.05, 4.69) is 82.2 Å². The van der Waals surface area contributed by atoms with Crippen LogP contribution in [0.2, 0.25) is 0 Å². The van der Waals surface area contributed by atoms with Gasteiger partial charge in [0.1, 0.15) is 0 Å². The van der Waals surface area contributed by atoms with Gasteiger partial charge in [0.25, 0.3) is 0 Å². The molecular weight excluding hydrogens is 604 g/mol. The first-order chi connectivity index (χ1) is 20.0. The van der Waals surface area contributed by atoms with Gasteiger partial charge in [-0.15, -0.1) is 48.7 Å². The topological polar surface area (TPSA) is 37.4 Å². The molecule has 0 heterocycles. The van der Waals surface area contributed by atoms with Crippen molar-refractivity contribution in [3.63, 3.8) is 0 Å². The molecule has 3 nitrogen and oxygen atoms in total. The van der Waals surface area contributed by atoms with E-state index >= 15 is 0 Å². The maximum Gasteiger partial charge on any atom is 4.00 e. The molecule has 0 atom stereocenters. The first-order valence-corrected chi connectivity index (χ1v) is 14.8. The van der Waals surface area contributed by atoms with Crippen molar-refractivity contribution in [1.82, 2.24) is 0 Å². The summed E-state index contributed by atoms with van der Waals surface area (Å²) >= 11 is 0. The number of aryl methyl sites for hydroxylation is 2. The smallest absolute Gasteiger partial charge is 0.682 e. The molecule has 226 valence electrons. The third-order valence-electron chi connectivity index (χ3n) is 7.98. The van der Waals surface area contributed by atoms with Crippen LogP contribution in [0, 0.1) is 76.2 Å². The molecule has 4 rings (SSSR count). The van der Waals surface area contributed by atoms with Gasteiger partial charge in [0.2, 0.25) is 0 Å². The Balaban J connectivity index is 0.000000499. The summed E-state index contributed by atoms with van der Waals surface area (Å²) in [5.41, 5.74) is 16.2. The molecule has 0 fully saturated rings. The van der Waals surface area contributed by atoms with Crippen LogP contribution in [0.3, 0.4) is 0 Å².